The van der Waals surface area contributed by atoms with Crippen LogP contribution in [0.2, 0.25) is 0 Å². The summed E-state index contributed by atoms with van der Waals surface area (Å²) in [5.41, 5.74) is 1.72. The van der Waals surface area contributed by atoms with E-state index in [0.717, 1.165) is 17.9 Å². The van der Waals surface area contributed by atoms with E-state index < -0.39 is 0 Å². The first kappa shape index (κ1) is 10.4. The molecule has 0 N–H and O–H groups in total. The summed E-state index contributed by atoms with van der Waals surface area (Å²) in [5.74, 6) is 1.85. The first-order valence-corrected chi connectivity index (χ1v) is 7.61. The van der Waals surface area contributed by atoms with Crippen molar-refractivity contribution in [3.05, 3.63) is 11.8 Å². The van der Waals surface area contributed by atoms with E-state index in [-0.39, 0.29) is 0 Å². The minimum Gasteiger partial charge on any atom is -0.374 e. The molecule has 2 heteroatoms. The van der Waals surface area contributed by atoms with Gasteiger partial charge in [-0.3, -0.25) is 4.90 Å². The molecular weight excluding hydrogens is 208 g/mol. The highest BCUT2D eigenvalue weighted by Crippen LogP contribution is 2.42. The molecule has 0 spiro atoms. The van der Waals surface area contributed by atoms with Crippen LogP contribution in [0, 0.1) is 11.8 Å². The molecule has 4 rings (SSSR count). The molecule has 4 aliphatic rings. The van der Waals surface area contributed by atoms with Crippen molar-refractivity contribution in [1.29, 1.82) is 0 Å². The SMILES string of the molecule is C1=C2[C@H]3C[C@@H](CN2CCC1)[C@H]1CCCCN1C3. The monoisotopic (exact) mass is 232 g/mol. The number of hydrogen-bond acceptors (Lipinski definition) is 2. The lowest BCUT2D eigenvalue weighted by molar-refractivity contribution is -0.00969. The first-order valence-electron chi connectivity index (χ1n) is 7.61. The summed E-state index contributed by atoms with van der Waals surface area (Å²) in [5, 5.41) is 0. The highest BCUT2D eigenvalue weighted by atomic mass is 15.2. The molecule has 0 aliphatic carbocycles. The molecule has 0 saturated carbocycles. The van der Waals surface area contributed by atoms with Crippen molar-refractivity contribution in [1.82, 2.24) is 9.80 Å². The number of allylic oxidation sites excluding steroid dienone is 1. The number of piperidine rings is 3. The van der Waals surface area contributed by atoms with Crippen molar-refractivity contribution in [2.24, 2.45) is 11.8 Å². The number of rotatable bonds is 0. The molecule has 2 bridgehead atoms. The fraction of sp³-hybridized carbons (Fsp3) is 0.867. The van der Waals surface area contributed by atoms with Crippen molar-refractivity contribution < 1.29 is 0 Å². The Morgan fingerprint density at radius 1 is 1.06 bits per heavy atom. The van der Waals surface area contributed by atoms with E-state index in [4.69, 9.17) is 0 Å². The molecular formula is C15H24N2. The van der Waals surface area contributed by atoms with Gasteiger partial charge < -0.3 is 4.90 Å². The Labute approximate surface area is 105 Å². The van der Waals surface area contributed by atoms with Gasteiger partial charge in [-0.05, 0) is 44.6 Å². The maximum Gasteiger partial charge on any atom is 0.0218 e. The van der Waals surface area contributed by atoms with Gasteiger partial charge in [0.2, 0.25) is 0 Å². The van der Waals surface area contributed by atoms with Crippen LogP contribution in [0.15, 0.2) is 11.8 Å². The standard InChI is InChI=1S/C15H24N2/c1-3-7-16-11-13-9-12(14(16)5-1)10-17-8-4-2-6-15(13)17/h5,12-13,15H,1-4,6-11H2/t12-,13-,15+/m0/s1. The first-order chi connectivity index (χ1) is 8.42. The van der Waals surface area contributed by atoms with Crippen molar-refractivity contribution in [2.45, 2.75) is 44.6 Å². The van der Waals surface area contributed by atoms with Crippen molar-refractivity contribution in [3.8, 4) is 0 Å². The van der Waals surface area contributed by atoms with Crippen LogP contribution in [-0.2, 0) is 0 Å². The third kappa shape index (κ3) is 1.64. The van der Waals surface area contributed by atoms with Crippen LogP contribution in [0.5, 0.6) is 0 Å². The Kier molecular flexibility index (Phi) is 2.46. The Hall–Kier alpha value is -0.500. The van der Waals surface area contributed by atoms with Crippen LogP contribution in [-0.4, -0.2) is 42.0 Å². The second kappa shape index (κ2) is 4.01. The molecule has 17 heavy (non-hydrogen) atoms. The van der Waals surface area contributed by atoms with Gasteiger partial charge in [-0.1, -0.05) is 12.5 Å². The molecule has 0 aromatic carbocycles. The zero-order valence-electron chi connectivity index (χ0n) is 10.8. The zero-order valence-corrected chi connectivity index (χ0v) is 10.8. The second-order valence-electron chi connectivity index (χ2n) is 6.47. The number of fused-ring (bicyclic) bond motifs is 6. The Morgan fingerprint density at radius 2 is 2.06 bits per heavy atom. The summed E-state index contributed by atoms with van der Waals surface area (Å²) in [6, 6.07) is 0.934. The lowest BCUT2D eigenvalue weighted by atomic mass is 9.74. The summed E-state index contributed by atoms with van der Waals surface area (Å²) in [4.78, 5) is 5.56. The second-order valence-corrected chi connectivity index (χ2v) is 6.47. The van der Waals surface area contributed by atoms with Gasteiger partial charge in [-0.25, -0.2) is 0 Å². The lowest BCUT2D eigenvalue weighted by Gasteiger charge is -2.54. The van der Waals surface area contributed by atoms with Crippen LogP contribution in [0.1, 0.15) is 38.5 Å². The minimum atomic E-state index is 0.878. The Bertz CT molecular complexity index is 336. The molecule has 4 aliphatic heterocycles. The predicted molar refractivity (Wildman–Crippen MR) is 69.7 cm³/mol. The quantitative estimate of drug-likeness (QED) is 0.633. The van der Waals surface area contributed by atoms with Crippen molar-refractivity contribution >= 4 is 0 Å². The summed E-state index contributed by atoms with van der Waals surface area (Å²) < 4.78 is 0. The lowest BCUT2D eigenvalue weighted by Crippen LogP contribution is -2.58. The van der Waals surface area contributed by atoms with E-state index in [0.29, 0.717) is 0 Å². The van der Waals surface area contributed by atoms with Crippen LogP contribution < -0.4 is 0 Å². The molecule has 0 aromatic rings. The fourth-order valence-corrected chi connectivity index (χ4v) is 4.76. The fourth-order valence-electron chi connectivity index (χ4n) is 4.76. The van der Waals surface area contributed by atoms with Gasteiger partial charge >= 0.3 is 0 Å². The average molecular weight is 232 g/mol. The Morgan fingerprint density at radius 3 is 3.06 bits per heavy atom. The molecule has 4 heterocycles. The summed E-state index contributed by atoms with van der Waals surface area (Å²) in [6.07, 6.45) is 11.2. The van der Waals surface area contributed by atoms with E-state index in [1.165, 1.54) is 64.7 Å². The molecule has 0 radical (unpaired) electrons. The van der Waals surface area contributed by atoms with Crippen LogP contribution in [0.3, 0.4) is 0 Å². The number of nitrogens with zero attached hydrogens (tertiary/aromatic N) is 2. The maximum atomic E-state index is 2.83. The van der Waals surface area contributed by atoms with E-state index in [9.17, 15) is 0 Å². The summed E-state index contributed by atoms with van der Waals surface area (Å²) in [6.45, 7) is 5.45. The molecule has 3 fully saturated rings. The zero-order chi connectivity index (χ0) is 11.2. The van der Waals surface area contributed by atoms with E-state index >= 15 is 0 Å². The third-order valence-electron chi connectivity index (χ3n) is 5.47. The smallest absolute Gasteiger partial charge is 0.0218 e. The highest BCUT2D eigenvalue weighted by molar-refractivity contribution is 5.16. The maximum absolute atomic E-state index is 2.83. The Balaban J connectivity index is 1.62. The van der Waals surface area contributed by atoms with Crippen molar-refractivity contribution in [3.63, 3.8) is 0 Å². The van der Waals surface area contributed by atoms with Crippen LogP contribution in [0.25, 0.3) is 0 Å². The van der Waals surface area contributed by atoms with Gasteiger partial charge in [0.05, 0.1) is 0 Å². The molecule has 0 unspecified atom stereocenters. The van der Waals surface area contributed by atoms with Crippen molar-refractivity contribution in [2.75, 3.05) is 26.2 Å². The third-order valence-corrected chi connectivity index (χ3v) is 5.47. The van der Waals surface area contributed by atoms with Crippen LogP contribution in [0.4, 0.5) is 0 Å². The van der Waals surface area contributed by atoms with Gasteiger partial charge in [-0.15, -0.1) is 0 Å². The van der Waals surface area contributed by atoms with Gasteiger partial charge in [0, 0.05) is 37.3 Å². The molecule has 3 saturated heterocycles. The summed E-state index contributed by atoms with van der Waals surface area (Å²) >= 11 is 0. The number of hydrogen-bond donors (Lipinski definition) is 0. The van der Waals surface area contributed by atoms with E-state index in [2.05, 4.69) is 15.9 Å². The van der Waals surface area contributed by atoms with Gasteiger partial charge in [0.1, 0.15) is 0 Å². The average Bonchev–Trinajstić information content (AvgIpc) is 2.39. The van der Waals surface area contributed by atoms with E-state index in [1.807, 2.05) is 0 Å². The predicted octanol–water partition coefficient (Wildman–Crippen LogP) is 2.47. The minimum absolute atomic E-state index is 0.878. The molecule has 0 amide bonds. The van der Waals surface area contributed by atoms with Gasteiger partial charge in [0.15, 0.2) is 0 Å². The molecule has 0 aromatic heterocycles. The highest BCUT2D eigenvalue weighted by Gasteiger charge is 2.43. The topological polar surface area (TPSA) is 6.48 Å². The summed E-state index contributed by atoms with van der Waals surface area (Å²) in [7, 11) is 0. The van der Waals surface area contributed by atoms with Crippen LogP contribution >= 0.6 is 0 Å². The normalized spacial score (nSPS) is 41.5. The van der Waals surface area contributed by atoms with Gasteiger partial charge in [-0.2, -0.15) is 0 Å². The largest absolute Gasteiger partial charge is 0.374 e. The van der Waals surface area contributed by atoms with E-state index in [1.54, 1.807) is 5.70 Å². The van der Waals surface area contributed by atoms with Gasteiger partial charge in [0.25, 0.3) is 0 Å². The molecule has 94 valence electrons. The molecule has 2 nitrogen and oxygen atoms in total. The molecule has 3 atom stereocenters.